The summed E-state index contributed by atoms with van der Waals surface area (Å²) in [5.74, 6) is 1.08. The first kappa shape index (κ1) is 10.7. The van der Waals surface area contributed by atoms with Gasteiger partial charge < -0.3 is 5.73 Å². The van der Waals surface area contributed by atoms with Crippen molar-refractivity contribution in [2.24, 2.45) is 16.6 Å². The number of nitrogens with zero attached hydrogens (tertiary/aromatic N) is 2. The molecule has 0 unspecified atom stereocenters. The van der Waals surface area contributed by atoms with Crippen molar-refractivity contribution in [2.75, 3.05) is 6.54 Å². The summed E-state index contributed by atoms with van der Waals surface area (Å²) in [6, 6.07) is 4.00. The second kappa shape index (κ2) is 5.37. The Labute approximate surface area is 85.1 Å². The van der Waals surface area contributed by atoms with Gasteiger partial charge in [-0.2, -0.15) is 0 Å². The minimum absolute atomic E-state index is 0.340. The van der Waals surface area contributed by atoms with Gasteiger partial charge in [-0.25, -0.2) is 0 Å². The van der Waals surface area contributed by atoms with Gasteiger partial charge in [0.15, 0.2) is 0 Å². The fourth-order valence-corrected chi connectivity index (χ4v) is 1.05. The van der Waals surface area contributed by atoms with Crippen LogP contribution in [0.25, 0.3) is 0 Å². The third-order valence-corrected chi connectivity index (χ3v) is 2.04. The van der Waals surface area contributed by atoms with Gasteiger partial charge in [-0.05, 0) is 24.1 Å². The van der Waals surface area contributed by atoms with Crippen LogP contribution < -0.4 is 5.73 Å². The molecule has 76 valence electrons. The Morgan fingerprint density at radius 3 is 2.64 bits per heavy atom. The quantitative estimate of drug-likeness (QED) is 0.581. The molecule has 0 aromatic carbocycles. The Morgan fingerprint density at radius 2 is 2.07 bits per heavy atom. The lowest BCUT2D eigenvalue weighted by Crippen LogP contribution is -2.19. The minimum Gasteiger partial charge on any atom is -0.387 e. The smallest absolute Gasteiger partial charge is 0.0962 e. The summed E-state index contributed by atoms with van der Waals surface area (Å²) in [5, 5.41) is 0. The lowest BCUT2D eigenvalue weighted by molar-refractivity contribution is 0.847. The zero-order valence-corrected chi connectivity index (χ0v) is 8.77. The Balaban J connectivity index is 2.39. The van der Waals surface area contributed by atoms with Crippen molar-refractivity contribution in [3.05, 3.63) is 30.1 Å². The molecule has 0 saturated heterocycles. The second-order valence-electron chi connectivity index (χ2n) is 3.57. The van der Waals surface area contributed by atoms with Gasteiger partial charge in [0.25, 0.3) is 0 Å². The highest BCUT2D eigenvalue weighted by atomic mass is 14.8. The maximum absolute atomic E-state index is 5.72. The Hall–Kier alpha value is -1.38. The van der Waals surface area contributed by atoms with Crippen molar-refractivity contribution in [2.45, 2.75) is 20.3 Å². The number of amidine groups is 1. The van der Waals surface area contributed by atoms with E-state index in [1.165, 1.54) is 5.56 Å². The van der Waals surface area contributed by atoms with E-state index in [1.54, 1.807) is 12.4 Å². The summed E-state index contributed by atoms with van der Waals surface area (Å²) in [6.07, 6.45) is 4.52. The molecule has 0 fully saturated rings. The largest absolute Gasteiger partial charge is 0.387 e. The molecule has 1 rings (SSSR count). The molecule has 0 radical (unpaired) electrons. The zero-order chi connectivity index (χ0) is 10.4. The number of aliphatic imine (C=N–C) groups is 1. The molecule has 0 aliphatic heterocycles. The van der Waals surface area contributed by atoms with Gasteiger partial charge in [-0.15, -0.1) is 0 Å². The van der Waals surface area contributed by atoms with Crippen molar-refractivity contribution >= 4 is 5.84 Å². The monoisotopic (exact) mass is 191 g/mol. The molecular formula is C11H17N3. The van der Waals surface area contributed by atoms with E-state index in [-0.39, 0.29) is 0 Å². The molecule has 2 N–H and O–H groups in total. The predicted octanol–water partition coefficient (Wildman–Crippen LogP) is 1.64. The molecule has 0 atom stereocenters. The highest BCUT2D eigenvalue weighted by Crippen LogP contribution is 1.98. The molecule has 0 bridgehead atoms. The summed E-state index contributed by atoms with van der Waals surface area (Å²) in [5.41, 5.74) is 6.97. The van der Waals surface area contributed by atoms with Gasteiger partial charge in [-0.3, -0.25) is 9.98 Å². The maximum atomic E-state index is 5.72. The lowest BCUT2D eigenvalue weighted by Gasteiger charge is -2.03. The molecular weight excluding hydrogens is 174 g/mol. The first-order valence-electron chi connectivity index (χ1n) is 4.89. The molecule has 0 saturated carbocycles. The topological polar surface area (TPSA) is 51.3 Å². The number of rotatable bonds is 4. The zero-order valence-electron chi connectivity index (χ0n) is 8.77. The van der Waals surface area contributed by atoms with E-state index in [9.17, 15) is 0 Å². The molecule has 1 aromatic heterocycles. The SMILES string of the molecule is CC(C)C(N)=NCCc1ccncc1. The summed E-state index contributed by atoms with van der Waals surface area (Å²) in [7, 11) is 0. The van der Waals surface area contributed by atoms with Crippen LogP contribution in [0.2, 0.25) is 0 Å². The van der Waals surface area contributed by atoms with Gasteiger partial charge in [0.1, 0.15) is 0 Å². The molecule has 0 amide bonds. The average molecular weight is 191 g/mol. The van der Waals surface area contributed by atoms with Crippen LogP contribution in [-0.2, 0) is 6.42 Å². The van der Waals surface area contributed by atoms with E-state index in [4.69, 9.17) is 5.73 Å². The average Bonchev–Trinajstić information content (AvgIpc) is 2.19. The Morgan fingerprint density at radius 1 is 1.43 bits per heavy atom. The number of hydrogen-bond acceptors (Lipinski definition) is 2. The van der Waals surface area contributed by atoms with Gasteiger partial charge in [0, 0.05) is 24.9 Å². The third-order valence-electron chi connectivity index (χ3n) is 2.04. The van der Waals surface area contributed by atoms with E-state index in [1.807, 2.05) is 26.0 Å². The van der Waals surface area contributed by atoms with Crippen molar-refractivity contribution in [3.8, 4) is 0 Å². The van der Waals surface area contributed by atoms with E-state index in [0.29, 0.717) is 5.92 Å². The van der Waals surface area contributed by atoms with Gasteiger partial charge in [-0.1, -0.05) is 13.8 Å². The summed E-state index contributed by atoms with van der Waals surface area (Å²) in [6.45, 7) is 4.85. The lowest BCUT2D eigenvalue weighted by atomic mass is 10.2. The van der Waals surface area contributed by atoms with Crippen molar-refractivity contribution in [3.63, 3.8) is 0 Å². The van der Waals surface area contributed by atoms with Crippen LogP contribution >= 0.6 is 0 Å². The van der Waals surface area contributed by atoms with Crippen molar-refractivity contribution < 1.29 is 0 Å². The van der Waals surface area contributed by atoms with E-state index in [0.717, 1.165) is 18.8 Å². The van der Waals surface area contributed by atoms with E-state index < -0.39 is 0 Å². The van der Waals surface area contributed by atoms with Gasteiger partial charge in [0.05, 0.1) is 5.84 Å². The fourth-order valence-electron chi connectivity index (χ4n) is 1.05. The van der Waals surface area contributed by atoms with Gasteiger partial charge in [0.2, 0.25) is 0 Å². The number of nitrogens with two attached hydrogens (primary N) is 1. The van der Waals surface area contributed by atoms with Crippen LogP contribution in [0.1, 0.15) is 19.4 Å². The van der Waals surface area contributed by atoms with Crippen LogP contribution in [0.4, 0.5) is 0 Å². The summed E-state index contributed by atoms with van der Waals surface area (Å²) >= 11 is 0. The number of pyridine rings is 1. The first-order chi connectivity index (χ1) is 6.70. The van der Waals surface area contributed by atoms with Crippen LogP contribution in [0.15, 0.2) is 29.5 Å². The highest BCUT2D eigenvalue weighted by Gasteiger charge is 1.97. The molecule has 0 aliphatic carbocycles. The Bertz CT molecular complexity index is 291. The molecule has 1 heterocycles. The maximum Gasteiger partial charge on any atom is 0.0962 e. The number of hydrogen-bond donors (Lipinski definition) is 1. The van der Waals surface area contributed by atoms with E-state index in [2.05, 4.69) is 9.98 Å². The van der Waals surface area contributed by atoms with E-state index >= 15 is 0 Å². The first-order valence-corrected chi connectivity index (χ1v) is 4.89. The predicted molar refractivity (Wildman–Crippen MR) is 59.3 cm³/mol. The fraction of sp³-hybridized carbons (Fsp3) is 0.455. The summed E-state index contributed by atoms with van der Waals surface area (Å²) < 4.78 is 0. The van der Waals surface area contributed by atoms with Crippen LogP contribution in [0, 0.1) is 5.92 Å². The van der Waals surface area contributed by atoms with Crippen molar-refractivity contribution in [1.82, 2.24) is 4.98 Å². The summed E-state index contributed by atoms with van der Waals surface area (Å²) in [4.78, 5) is 8.25. The van der Waals surface area contributed by atoms with Crippen LogP contribution in [0.3, 0.4) is 0 Å². The molecule has 3 heteroatoms. The van der Waals surface area contributed by atoms with Gasteiger partial charge >= 0.3 is 0 Å². The minimum atomic E-state index is 0.340. The molecule has 0 aliphatic rings. The molecule has 3 nitrogen and oxygen atoms in total. The molecule has 1 aromatic rings. The molecule has 14 heavy (non-hydrogen) atoms. The normalized spacial score (nSPS) is 12.1. The Kier molecular flexibility index (Phi) is 4.11. The molecule has 0 spiro atoms. The standard InChI is InChI=1S/C11H17N3/c1-9(2)11(12)14-8-5-10-3-6-13-7-4-10/h3-4,6-7,9H,5,8H2,1-2H3,(H2,12,14). The van der Waals surface area contributed by atoms with Crippen molar-refractivity contribution in [1.29, 1.82) is 0 Å². The highest BCUT2D eigenvalue weighted by molar-refractivity contribution is 5.82. The van der Waals surface area contributed by atoms with Crippen LogP contribution in [0.5, 0.6) is 0 Å². The van der Waals surface area contributed by atoms with Crippen LogP contribution in [-0.4, -0.2) is 17.4 Å². The second-order valence-corrected chi connectivity index (χ2v) is 3.57. The third kappa shape index (κ3) is 3.56. The number of aromatic nitrogens is 1.